The molecule has 6 aliphatic heterocycles. The first kappa shape index (κ1) is 27.9. The highest BCUT2D eigenvalue weighted by Crippen LogP contribution is 2.40. The summed E-state index contributed by atoms with van der Waals surface area (Å²) in [6, 6.07) is 7.00. The van der Waals surface area contributed by atoms with Gasteiger partial charge in [0, 0.05) is 18.5 Å². The van der Waals surface area contributed by atoms with Crippen molar-refractivity contribution in [3.05, 3.63) is 29.8 Å². The Bertz CT molecular complexity index is 998. The fourth-order valence-electron chi connectivity index (χ4n) is 4.66. The normalized spacial score (nSPS) is 24.8. The van der Waals surface area contributed by atoms with Crippen LogP contribution < -0.4 is 20.8 Å². The summed E-state index contributed by atoms with van der Waals surface area (Å²) in [7, 11) is -3.29. The van der Waals surface area contributed by atoms with Crippen LogP contribution in [0.4, 0.5) is 0 Å². The van der Waals surface area contributed by atoms with Gasteiger partial charge in [-0.3, -0.25) is 0 Å². The molecule has 4 N–H and O–H groups in total. The number of carboxylic acid groups (broad SMARTS) is 2. The summed E-state index contributed by atoms with van der Waals surface area (Å²) < 4.78 is 41.3. The van der Waals surface area contributed by atoms with E-state index < -0.39 is 22.0 Å². The maximum absolute atomic E-state index is 12.2. The second kappa shape index (κ2) is 10.9. The third-order valence-electron chi connectivity index (χ3n) is 7.61. The average Bonchev–Trinajstić information content (AvgIpc) is 2.62. The zero-order valence-corrected chi connectivity index (χ0v) is 21.8. The van der Waals surface area contributed by atoms with Gasteiger partial charge in [-0.1, -0.05) is 17.7 Å². The van der Waals surface area contributed by atoms with Gasteiger partial charge in [0.1, 0.15) is 10.8 Å². The Morgan fingerprint density at radius 1 is 0.757 bits per heavy atom. The first-order chi connectivity index (χ1) is 17.5. The molecule has 0 unspecified atom stereocenters. The van der Waals surface area contributed by atoms with Crippen LogP contribution in [0.3, 0.4) is 0 Å². The number of carboxylic acids is 2. The number of ether oxygens (including phenoxy) is 3. The summed E-state index contributed by atoms with van der Waals surface area (Å²) in [5.41, 5.74) is 2.52. The summed E-state index contributed by atoms with van der Waals surface area (Å²) in [5, 5.41) is 22.5. The molecule has 0 aliphatic carbocycles. The lowest BCUT2D eigenvalue weighted by Gasteiger charge is -2.53. The van der Waals surface area contributed by atoms with E-state index in [9.17, 15) is 8.42 Å². The Balaban J connectivity index is 0.000000132. The molecule has 3 spiro atoms. The lowest BCUT2D eigenvalue weighted by atomic mass is 9.80. The molecule has 6 fully saturated rings. The van der Waals surface area contributed by atoms with Crippen molar-refractivity contribution in [1.29, 1.82) is 0 Å². The zero-order chi connectivity index (χ0) is 26.7. The molecule has 206 valence electrons. The third kappa shape index (κ3) is 6.30. The molecular formula is C24H35N3O9S. The average molecular weight is 542 g/mol. The fraction of sp³-hybridized carbons (Fsp3) is 0.667. The topological polar surface area (TPSA) is 179 Å². The lowest BCUT2D eigenvalue weighted by molar-refractivity contribution is -0.752. The van der Waals surface area contributed by atoms with E-state index in [1.165, 1.54) is 26.2 Å². The minimum absolute atomic E-state index is 0.123. The number of aliphatic carboxylic acids is 2. The minimum atomic E-state index is -3.29. The van der Waals surface area contributed by atoms with Crippen molar-refractivity contribution in [2.75, 3.05) is 78.9 Å². The fourth-order valence-corrected chi connectivity index (χ4v) is 6.33. The van der Waals surface area contributed by atoms with Gasteiger partial charge in [-0.25, -0.2) is 8.42 Å². The summed E-state index contributed by atoms with van der Waals surface area (Å²) in [5.74, 6) is -4.37. The Morgan fingerprint density at radius 2 is 1.14 bits per heavy atom. The van der Waals surface area contributed by atoms with E-state index in [1.807, 2.05) is 19.1 Å². The van der Waals surface area contributed by atoms with Crippen LogP contribution in [-0.4, -0.2) is 104 Å². The van der Waals surface area contributed by atoms with Crippen LogP contribution in [-0.2, 0) is 33.8 Å². The maximum atomic E-state index is 12.2. The van der Waals surface area contributed by atoms with Gasteiger partial charge in [0.05, 0.1) is 82.7 Å². The van der Waals surface area contributed by atoms with Crippen LogP contribution in [0.25, 0.3) is 0 Å². The monoisotopic (exact) mass is 541 g/mol. The summed E-state index contributed by atoms with van der Waals surface area (Å²) >= 11 is 0. The Morgan fingerprint density at radius 3 is 1.35 bits per heavy atom. The molecule has 0 atom stereocenters. The van der Waals surface area contributed by atoms with Gasteiger partial charge in [0.2, 0.25) is 10.0 Å². The van der Waals surface area contributed by atoms with Crippen molar-refractivity contribution in [2.24, 2.45) is 16.2 Å². The molecule has 6 aliphatic rings. The van der Waals surface area contributed by atoms with E-state index in [-0.39, 0.29) is 5.41 Å². The number of carbonyl (C=O) groups excluding carboxylic acids is 2. The smallest absolute Gasteiger partial charge is 0.243 e. The molecule has 0 bridgehead atoms. The number of quaternary nitrogens is 2. The number of nitrogens with zero attached hydrogens (tertiary/aromatic N) is 1. The maximum Gasteiger partial charge on any atom is 0.243 e. The van der Waals surface area contributed by atoms with Gasteiger partial charge < -0.3 is 44.6 Å². The molecule has 6 heterocycles. The van der Waals surface area contributed by atoms with Crippen LogP contribution in [0.2, 0.25) is 0 Å². The molecule has 37 heavy (non-hydrogen) atoms. The van der Waals surface area contributed by atoms with Crippen molar-refractivity contribution in [3.8, 4) is 0 Å². The number of hydrogen-bond donors (Lipinski definition) is 2. The van der Waals surface area contributed by atoms with Crippen molar-refractivity contribution in [1.82, 2.24) is 4.31 Å². The highest BCUT2D eigenvalue weighted by Gasteiger charge is 2.53. The van der Waals surface area contributed by atoms with Crippen LogP contribution >= 0.6 is 0 Å². The van der Waals surface area contributed by atoms with Gasteiger partial charge in [0.25, 0.3) is 0 Å². The minimum Gasteiger partial charge on any atom is -0.543 e. The Hall–Kier alpha value is -2.13. The molecule has 0 aromatic heterocycles. The molecule has 7 rings (SSSR count). The van der Waals surface area contributed by atoms with Crippen molar-refractivity contribution in [3.63, 3.8) is 0 Å². The Kier molecular flexibility index (Phi) is 8.24. The first-order valence-electron chi connectivity index (χ1n) is 12.3. The predicted octanol–water partition coefficient (Wildman–Crippen LogP) is -5.34. The van der Waals surface area contributed by atoms with Crippen molar-refractivity contribution in [2.45, 2.75) is 11.8 Å². The Labute approximate surface area is 216 Å². The number of hydrogen-bond acceptors (Lipinski definition) is 9. The van der Waals surface area contributed by atoms with Gasteiger partial charge in [-0.2, -0.15) is 4.31 Å². The standard InChI is InChI=1S/C12H15NO3S.2C5H9NO.C2H2O4/c1-10-2-4-11(5-3-10)17(14,15)13-6-12(7-13)8-16-9-12;2*1-5(2-6-1)3-7-4-5;3-1(4)2(5)6/h2-5H,6-9H2,1H3;2*6H,1-4H2;(H,3,4)(H,5,6). The molecule has 0 saturated carbocycles. The van der Waals surface area contributed by atoms with Gasteiger partial charge in [0.15, 0.2) is 0 Å². The van der Waals surface area contributed by atoms with Gasteiger partial charge >= 0.3 is 0 Å². The molecule has 1 aromatic carbocycles. The molecule has 6 saturated heterocycles. The predicted molar refractivity (Wildman–Crippen MR) is 123 cm³/mol. The molecule has 13 heteroatoms. The second-order valence-corrected chi connectivity index (χ2v) is 13.0. The van der Waals surface area contributed by atoms with Crippen molar-refractivity contribution >= 4 is 22.0 Å². The number of sulfonamides is 1. The second-order valence-electron chi connectivity index (χ2n) is 11.0. The van der Waals surface area contributed by atoms with Crippen LogP contribution in [0, 0.1) is 23.2 Å². The molecule has 0 radical (unpaired) electrons. The largest absolute Gasteiger partial charge is 0.543 e. The highest BCUT2D eigenvalue weighted by molar-refractivity contribution is 7.89. The van der Waals surface area contributed by atoms with E-state index in [4.69, 9.17) is 34.0 Å². The zero-order valence-electron chi connectivity index (χ0n) is 21.0. The van der Waals surface area contributed by atoms with Gasteiger partial charge in [-0.15, -0.1) is 0 Å². The van der Waals surface area contributed by atoms with Crippen LogP contribution in [0.5, 0.6) is 0 Å². The number of benzene rings is 1. The molecule has 1 aromatic rings. The van der Waals surface area contributed by atoms with Gasteiger partial charge in [-0.05, 0) is 19.1 Å². The molecule has 0 amide bonds. The van der Waals surface area contributed by atoms with Crippen LogP contribution in [0.1, 0.15) is 5.56 Å². The number of nitrogens with two attached hydrogens (primary N) is 2. The number of carbonyl (C=O) groups is 2. The van der Waals surface area contributed by atoms with E-state index in [1.54, 1.807) is 16.4 Å². The SMILES string of the molecule is C1[NH2+]CC12COC2.C1[NH2+]CC12COC2.Cc1ccc(S(=O)(=O)N2CC3(COC3)C2)cc1.O=C([O-])C(=O)[O-]. The summed E-state index contributed by atoms with van der Waals surface area (Å²) in [4.78, 5) is 18.2. The first-order valence-corrected chi connectivity index (χ1v) is 13.8. The quantitative estimate of drug-likeness (QED) is 0.346. The van der Waals surface area contributed by atoms with Crippen molar-refractivity contribution < 1.29 is 53.1 Å². The van der Waals surface area contributed by atoms with E-state index in [0.29, 0.717) is 42.0 Å². The lowest BCUT2D eigenvalue weighted by Crippen LogP contribution is -3.02. The number of rotatable bonds is 2. The molecule has 12 nitrogen and oxygen atoms in total. The summed E-state index contributed by atoms with van der Waals surface area (Å²) in [6.45, 7) is 13.9. The van der Waals surface area contributed by atoms with E-state index in [0.717, 1.165) is 32.0 Å². The third-order valence-corrected chi connectivity index (χ3v) is 9.41. The highest BCUT2D eigenvalue weighted by atomic mass is 32.2. The number of aryl methyl sites for hydroxylation is 1. The van der Waals surface area contributed by atoms with E-state index >= 15 is 0 Å². The molecular weight excluding hydrogens is 506 g/mol. The summed E-state index contributed by atoms with van der Waals surface area (Å²) in [6.07, 6.45) is 0. The van der Waals surface area contributed by atoms with Crippen LogP contribution in [0.15, 0.2) is 29.2 Å². The van der Waals surface area contributed by atoms with E-state index in [2.05, 4.69) is 10.6 Å².